The molecule has 1 heterocycles. The second-order valence-electron chi connectivity index (χ2n) is 6.63. The Morgan fingerprint density at radius 3 is 2.26 bits per heavy atom. The lowest BCUT2D eigenvalue weighted by Gasteiger charge is -2.22. The number of nitrogens with zero attached hydrogens (tertiary/aromatic N) is 2. The van der Waals surface area contributed by atoms with Crippen LogP contribution in [0.5, 0.6) is 0 Å². The van der Waals surface area contributed by atoms with E-state index >= 15 is 0 Å². The first kappa shape index (κ1) is 23.3. The third-order valence-corrected chi connectivity index (χ3v) is 6.19. The van der Waals surface area contributed by atoms with Crippen molar-refractivity contribution in [2.45, 2.75) is 27.8 Å². The fraction of sp³-hybridized carbons (Fsp3) is 0.250. The number of rotatable bonds is 9. The molecule has 3 atom stereocenters. The predicted octanol–water partition coefficient (Wildman–Crippen LogP) is 3.07. The van der Waals surface area contributed by atoms with Crippen LogP contribution in [0.1, 0.15) is 17.2 Å². The van der Waals surface area contributed by atoms with E-state index in [1.807, 2.05) is 24.3 Å². The zero-order chi connectivity index (χ0) is 22.4. The molecule has 3 aromatic rings. The molecule has 1 amide bonds. The predicted molar refractivity (Wildman–Crippen MR) is 117 cm³/mol. The highest BCUT2D eigenvalue weighted by atomic mass is 35.5. The number of carbonyl (C=O) groups is 1. The Hall–Kier alpha value is -2.33. The van der Waals surface area contributed by atoms with Crippen molar-refractivity contribution < 1.29 is 18.5 Å². The third-order valence-electron chi connectivity index (χ3n) is 4.54. The average molecular weight is 485 g/mol. The first-order chi connectivity index (χ1) is 14.9. The Morgan fingerprint density at radius 1 is 1.13 bits per heavy atom. The summed E-state index contributed by atoms with van der Waals surface area (Å²) in [6.07, 6.45) is 0.173. The van der Waals surface area contributed by atoms with E-state index in [-0.39, 0.29) is 0 Å². The van der Waals surface area contributed by atoms with Crippen molar-refractivity contribution in [3.05, 3.63) is 65.9 Å². The van der Waals surface area contributed by atoms with E-state index < -0.39 is 40.4 Å². The van der Waals surface area contributed by atoms with Gasteiger partial charge in [0.2, 0.25) is 0 Å². The minimum atomic E-state index is -1.35. The normalized spacial score (nSPS) is 14.2. The lowest BCUT2D eigenvalue weighted by molar-refractivity contribution is -0.121. The first-order valence-corrected chi connectivity index (χ1v) is 11.3. The van der Waals surface area contributed by atoms with Gasteiger partial charge < -0.3 is 10.4 Å². The lowest BCUT2D eigenvalue weighted by Crippen LogP contribution is -2.43. The number of halogens is 3. The molecule has 0 saturated heterocycles. The number of alkyl halides is 3. The van der Waals surface area contributed by atoms with Gasteiger partial charge in [-0.15, -0.1) is 5.10 Å². The van der Waals surface area contributed by atoms with Gasteiger partial charge in [0.25, 0.3) is 5.91 Å². The van der Waals surface area contributed by atoms with E-state index in [4.69, 9.17) is 23.2 Å². The van der Waals surface area contributed by atoms with Crippen molar-refractivity contribution in [1.29, 1.82) is 0 Å². The topological polar surface area (TPSA) is 108 Å². The van der Waals surface area contributed by atoms with Gasteiger partial charge >= 0.3 is 0 Å². The summed E-state index contributed by atoms with van der Waals surface area (Å²) in [6.45, 7) is -0.980. The Labute approximate surface area is 190 Å². The van der Waals surface area contributed by atoms with Gasteiger partial charge in [-0.05, 0) is 22.3 Å². The van der Waals surface area contributed by atoms with Crippen LogP contribution in [0, 0.1) is 0 Å². The van der Waals surface area contributed by atoms with E-state index in [1.165, 1.54) is 6.20 Å². The summed E-state index contributed by atoms with van der Waals surface area (Å²) in [7, 11) is -1.29. The summed E-state index contributed by atoms with van der Waals surface area (Å²) >= 11 is 10.9. The average Bonchev–Trinajstić information content (AvgIpc) is 3.32. The lowest BCUT2D eigenvalue weighted by atomic mass is 9.98. The number of aliphatic hydroxyl groups is 1. The standard InChI is InChI=1S/C20H19Cl2FN4O3S/c21-19(22)20(29)25-16(9-23)18(28)15-7-5-14(6-8-15)13-3-1-12(2-4-13)11-31(30)17-10-24-27-26-17/h1-8,10,16,18-19,28H,9,11H2,(H,25,29)(H,24,26,27)/t16-,18-,31?/m1/s1. The van der Waals surface area contributed by atoms with E-state index in [0.717, 1.165) is 16.7 Å². The van der Waals surface area contributed by atoms with Gasteiger partial charge in [-0.25, -0.2) is 4.39 Å². The molecule has 0 bridgehead atoms. The molecule has 3 rings (SSSR count). The molecule has 0 radical (unpaired) electrons. The number of H-pyrrole nitrogens is 1. The molecule has 164 valence electrons. The fourth-order valence-corrected chi connectivity index (χ4v) is 3.95. The van der Waals surface area contributed by atoms with Crippen LogP contribution in [0.2, 0.25) is 0 Å². The minimum absolute atomic E-state index is 0.319. The number of aromatic amines is 1. The van der Waals surface area contributed by atoms with Gasteiger partial charge in [0.15, 0.2) is 9.86 Å². The number of aliphatic hydroxyl groups excluding tert-OH is 1. The van der Waals surface area contributed by atoms with E-state index in [1.54, 1.807) is 24.3 Å². The van der Waals surface area contributed by atoms with Crippen LogP contribution < -0.4 is 5.32 Å². The third kappa shape index (κ3) is 6.10. The van der Waals surface area contributed by atoms with Crippen LogP contribution in [-0.4, -0.2) is 48.2 Å². The number of hydrogen-bond donors (Lipinski definition) is 3. The molecule has 1 unspecified atom stereocenters. The molecule has 31 heavy (non-hydrogen) atoms. The number of hydrogen-bond acceptors (Lipinski definition) is 5. The maximum atomic E-state index is 13.3. The molecule has 1 aromatic heterocycles. The summed E-state index contributed by atoms with van der Waals surface area (Å²) in [5.74, 6) is -0.453. The molecule has 0 aliphatic heterocycles. The van der Waals surface area contributed by atoms with Crippen molar-refractivity contribution in [3.8, 4) is 11.1 Å². The molecule has 7 nitrogen and oxygen atoms in total. The van der Waals surface area contributed by atoms with Gasteiger partial charge in [-0.1, -0.05) is 71.7 Å². The van der Waals surface area contributed by atoms with Crippen LogP contribution in [0.3, 0.4) is 0 Å². The largest absolute Gasteiger partial charge is 0.386 e. The van der Waals surface area contributed by atoms with Crippen LogP contribution >= 0.6 is 23.2 Å². The maximum Gasteiger partial charge on any atom is 0.253 e. The first-order valence-electron chi connectivity index (χ1n) is 9.15. The summed E-state index contributed by atoms with van der Waals surface area (Å²) in [4.78, 5) is 10.2. The second-order valence-corrected chi connectivity index (χ2v) is 9.13. The van der Waals surface area contributed by atoms with Crippen LogP contribution in [0.15, 0.2) is 59.8 Å². The summed E-state index contributed by atoms with van der Waals surface area (Å²) < 4.78 is 25.5. The second kappa shape index (κ2) is 10.8. The highest BCUT2D eigenvalue weighted by molar-refractivity contribution is 7.84. The Morgan fingerprint density at radius 2 is 1.74 bits per heavy atom. The fourth-order valence-electron chi connectivity index (χ4n) is 2.87. The van der Waals surface area contributed by atoms with Gasteiger partial charge in [0.1, 0.15) is 12.8 Å². The number of nitrogens with one attached hydrogen (secondary N) is 2. The number of carbonyl (C=O) groups excluding carboxylic acids is 1. The number of amides is 1. The molecule has 0 spiro atoms. The van der Waals surface area contributed by atoms with Crippen molar-refractivity contribution in [2.75, 3.05) is 6.67 Å². The molecule has 0 saturated carbocycles. The molecule has 2 aromatic carbocycles. The Balaban J connectivity index is 1.66. The van der Waals surface area contributed by atoms with Crippen LogP contribution in [-0.2, 0) is 21.3 Å². The highest BCUT2D eigenvalue weighted by Gasteiger charge is 2.25. The Kier molecular flexibility index (Phi) is 8.14. The van der Waals surface area contributed by atoms with E-state index in [0.29, 0.717) is 16.3 Å². The van der Waals surface area contributed by atoms with E-state index in [2.05, 4.69) is 20.7 Å². The monoisotopic (exact) mass is 484 g/mol. The maximum absolute atomic E-state index is 13.3. The van der Waals surface area contributed by atoms with Gasteiger partial charge in [-0.3, -0.25) is 9.00 Å². The van der Waals surface area contributed by atoms with Crippen LogP contribution in [0.4, 0.5) is 4.39 Å². The summed E-state index contributed by atoms with van der Waals surface area (Å²) in [6, 6.07) is 13.2. The van der Waals surface area contributed by atoms with Gasteiger partial charge in [0.05, 0.1) is 28.8 Å². The molecule has 0 fully saturated rings. The molecule has 0 aliphatic carbocycles. The van der Waals surface area contributed by atoms with Gasteiger partial charge in [-0.2, -0.15) is 10.3 Å². The highest BCUT2D eigenvalue weighted by Crippen LogP contribution is 2.25. The molecule has 3 N–H and O–H groups in total. The van der Waals surface area contributed by atoms with Crippen molar-refractivity contribution >= 4 is 39.9 Å². The smallest absolute Gasteiger partial charge is 0.253 e. The molecular weight excluding hydrogens is 466 g/mol. The quantitative estimate of drug-likeness (QED) is 0.404. The van der Waals surface area contributed by atoms with Gasteiger partial charge in [0, 0.05) is 0 Å². The van der Waals surface area contributed by atoms with Crippen molar-refractivity contribution in [3.63, 3.8) is 0 Å². The van der Waals surface area contributed by atoms with E-state index in [9.17, 15) is 18.5 Å². The zero-order valence-electron chi connectivity index (χ0n) is 16.0. The zero-order valence-corrected chi connectivity index (χ0v) is 18.4. The van der Waals surface area contributed by atoms with Crippen molar-refractivity contribution in [2.24, 2.45) is 0 Å². The molecular formula is C20H19Cl2FN4O3S. The summed E-state index contributed by atoms with van der Waals surface area (Å²) in [5.41, 5.74) is 3.12. The van der Waals surface area contributed by atoms with Crippen molar-refractivity contribution in [1.82, 2.24) is 20.7 Å². The number of aromatic nitrogens is 3. The number of benzene rings is 2. The molecule has 11 heteroatoms. The van der Waals surface area contributed by atoms with Crippen LogP contribution in [0.25, 0.3) is 11.1 Å². The minimum Gasteiger partial charge on any atom is -0.386 e. The Bertz CT molecular complexity index is 1020. The SMILES string of the molecule is O=C(N[C@H](CF)[C@H](O)c1ccc(-c2ccc(CS(=O)c3cn[nH]n3)cc2)cc1)C(Cl)Cl. The molecule has 0 aliphatic rings. The summed E-state index contributed by atoms with van der Waals surface area (Å²) in [5, 5.41) is 23.0.